The van der Waals surface area contributed by atoms with Gasteiger partial charge in [-0.2, -0.15) is 0 Å². The monoisotopic (exact) mass is 328 g/mol. The van der Waals surface area contributed by atoms with Gasteiger partial charge in [-0.05, 0) is 56.7 Å². The number of hydrogen-bond acceptors (Lipinski definition) is 2. The molecule has 1 aromatic rings. The van der Waals surface area contributed by atoms with E-state index in [0.717, 1.165) is 44.8 Å². The summed E-state index contributed by atoms with van der Waals surface area (Å²) in [6.07, 6.45) is 9.52. The van der Waals surface area contributed by atoms with Crippen molar-refractivity contribution in [1.82, 2.24) is 9.80 Å². The highest BCUT2D eigenvalue weighted by molar-refractivity contribution is 5.76. The quantitative estimate of drug-likeness (QED) is 0.822. The molecule has 1 amide bonds. The van der Waals surface area contributed by atoms with Gasteiger partial charge in [-0.3, -0.25) is 4.79 Å². The molecular formula is C21H32N2O. The Bertz CT molecular complexity index is 486. The lowest BCUT2D eigenvalue weighted by atomic mass is 9.90. The van der Waals surface area contributed by atoms with Crippen LogP contribution in [0.4, 0.5) is 0 Å². The first-order chi connectivity index (χ1) is 11.8. The number of rotatable bonds is 5. The minimum absolute atomic E-state index is 0.373. The summed E-state index contributed by atoms with van der Waals surface area (Å²) in [5.41, 5.74) is 1.43. The minimum Gasteiger partial charge on any atom is -0.343 e. The highest BCUT2D eigenvalue weighted by Crippen LogP contribution is 2.22. The molecule has 2 aliphatic rings. The number of carbonyl (C=O) groups is 1. The topological polar surface area (TPSA) is 23.6 Å². The third kappa shape index (κ3) is 5.34. The Morgan fingerprint density at radius 1 is 0.917 bits per heavy atom. The van der Waals surface area contributed by atoms with E-state index >= 15 is 0 Å². The average Bonchev–Trinajstić information content (AvgIpc) is 2.90. The van der Waals surface area contributed by atoms with Gasteiger partial charge in [0.05, 0.1) is 0 Å². The lowest BCUT2D eigenvalue weighted by Gasteiger charge is -2.32. The number of nitrogens with zero attached hydrogens (tertiary/aromatic N) is 2. The largest absolute Gasteiger partial charge is 0.343 e. The number of piperidine rings is 1. The molecule has 2 aliphatic heterocycles. The summed E-state index contributed by atoms with van der Waals surface area (Å²) in [4.78, 5) is 17.1. The Labute approximate surface area is 147 Å². The summed E-state index contributed by atoms with van der Waals surface area (Å²) in [5, 5.41) is 0. The van der Waals surface area contributed by atoms with E-state index in [0.29, 0.717) is 12.3 Å². The first-order valence-corrected chi connectivity index (χ1v) is 9.85. The van der Waals surface area contributed by atoms with Crippen molar-refractivity contribution in [1.29, 1.82) is 0 Å². The van der Waals surface area contributed by atoms with Gasteiger partial charge in [-0.25, -0.2) is 0 Å². The molecule has 2 fully saturated rings. The standard InChI is InChI=1S/C21H32N2O/c24-21(12-15-22-13-6-1-2-7-14-22)23-16-10-20(11-17-23)18-19-8-4-3-5-9-19/h3-5,8-9,20H,1-2,6-7,10-18H2. The summed E-state index contributed by atoms with van der Waals surface area (Å²) in [7, 11) is 0. The number of benzene rings is 1. The number of likely N-dealkylation sites (tertiary alicyclic amines) is 2. The van der Waals surface area contributed by atoms with E-state index in [9.17, 15) is 4.79 Å². The van der Waals surface area contributed by atoms with E-state index in [1.807, 2.05) is 0 Å². The highest BCUT2D eigenvalue weighted by Gasteiger charge is 2.23. The summed E-state index contributed by atoms with van der Waals surface area (Å²) in [5.74, 6) is 1.11. The van der Waals surface area contributed by atoms with Gasteiger partial charge in [0, 0.05) is 26.1 Å². The molecule has 0 bridgehead atoms. The molecule has 2 saturated heterocycles. The molecule has 132 valence electrons. The van der Waals surface area contributed by atoms with Crippen LogP contribution >= 0.6 is 0 Å². The first kappa shape index (κ1) is 17.5. The highest BCUT2D eigenvalue weighted by atomic mass is 16.2. The molecule has 0 atom stereocenters. The van der Waals surface area contributed by atoms with Gasteiger partial charge in [0.15, 0.2) is 0 Å². The summed E-state index contributed by atoms with van der Waals surface area (Å²) in [6.45, 7) is 5.24. The molecule has 0 unspecified atom stereocenters. The van der Waals surface area contributed by atoms with Crippen LogP contribution in [0.2, 0.25) is 0 Å². The van der Waals surface area contributed by atoms with Gasteiger partial charge in [-0.1, -0.05) is 43.2 Å². The maximum absolute atomic E-state index is 12.5. The fraction of sp³-hybridized carbons (Fsp3) is 0.667. The molecule has 3 rings (SSSR count). The van der Waals surface area contributed by atoms with Crippen LogP contribution in [0, 0.1) is 5.92 Å². The second-order valence-corrected chi connectivity index (χ2v) is 7.52. The van der Waals surface area contributed by atoms with Crippen molar-refractivity contribution >= 4 is 5.91 Å². The van der Waals surface area contributed by atoms with Crippen molar-refractivity contribution in [3.8, 4) is 0 Å². The predicted molar refractivity (Wildman–Crippen MR) is 99.0 cm³/mol. The Hall–Kier alpha value is -1.35. The number of hydrogen-bond donors (Lipinski definition) is 0. The van der Waals surface area contributed by atoms with Crippen molar-refractivity contribution in [3.63, 3.8) is 0 Å². The van der Waals surface area contributed by atoms with Gasteiger partial charge in [-0.15, -0.1) is 0 Å². The summed E-state index contributed by atoms with van der Waals surface area (Å²) < 4.78 is 0. The summed E-state index contributed by atoms with van der Waals surface area (Å²) in [6, 6.07) is 10.8. The molecule has 0 spiro atoms. The zero-order valence-electron chi connectivity index (χ0n) is 15.0. The third-order valence-corrected chi connectivity index (χ3v) is 5.68. The van der Waals surface area contributed by atoms with Gasteiger partial charge in [0.25, 0.3) is 0 Å². The maximum atomic E-state index is 12.5. The van der Waals surface area contributed by atoms with E-state index in [2.05, 4.69) is 40.1 Å². The van der Waals surface area contributed by atoms with Gasteiger partial charge >= 0.3 is 0 Å². The fourth-order valence-corrected chi connectivity index (χ4v) is 4.11. The van der Waals surface area contributed by atoms with E-state index < -0.39 is 0 Å². The molecule has 0 saturated carbocycles. The Kier molecular flexibility index (Phi) is 6.71. The minimum atomic E-state index is 0.373. The first-order valence-electron chi connectivity index (χ1n) is 9.85. The van der Waals surface area contributed by atoms with Crippen LogP contribution in [0.3, 0.4) is 0 Å². The van der Waals surface area contributed by atoms with Gasteiger partial charge < -0.3 is 9.80 Å². The zero-order chi connectivity index (χ0) is 16.6. The number of carbonyl (C=O) groups excluding carboxylic acids is 1. The molecular weight excluding hydrogens is 296 g/mol. The predicted octanol–water partition coefficient (Wildman–Crippen LogP) is 3.73. The zero-order valence-corrected chi connectivity index (χ0v) is 15.0. The molecule has 24 heavy (non-hydrogen) atoms. The van der Waals surface area contributed by atoms with Crippen LogP contribution < -0.4 is 0 Å². The van der Waals surface area contributed by atoms with E-state index in [4.69, 9.17) is 0 Å². The fourth-order valence-electron chi connectivity index (χ4n) is 4.11. The van der Waals surface area contributed by atoms with Crippen molar-refractivity contribution < 1.29 is 4.79 Å². The lowest BCUT2D eigenvalue weighted by Crippen LogP contribution is -2.40. The average molecular weight is 329 g/mol. The second-order valence-electron chi connectivity index (χ2n) is 7.52. The third-order valence-electron chi connectivity index (χ3n) is 5.68. The molecule has 3 heteroatoms. The van der Waals surface area contributed by atoms with Crippen LogP contribution in [0.15, 0.2) is 30.3 Å². The van der Waals surface area contributed by atoms with Crippen LogP contribution in [-0.4, -0.2) is 48.4 Å². The molecule has 0 aliphatic carbocycles. The van der Waals surface area contributed by atoms with E-state index in [1.165, 1.54) is 44.3 Å². The maximum Gasteiger partial charge on any atom is 0.223 e. The molecule has 0 aromatic heterocycles. The normalized spacial score (nSPS) is 20.8. The van der Waals surface area contributed by atoms with Crippen LogP contribution in [0.25, 0.3) is 0 Å². The molecule has 0 radical (unpaired) electrons. The Morgan fingerprint density at radius 3 is 2.25 bits per heavy atom. The van der Waals surface area contributed by atoms with Crippen molar-refractivity contribution in [2.75, 3.05) is 32.7 Å². The molecule has 0 N–H and O–H groups in total. The molecule has 3 nitrogen and oxygen atoms in total. The lowest BCUT2D eigenvalue weighted by molar-refractivity contribution is -0.132. The van der Waals surface area contributed by atoms with E-state index in [-0.39, 0.29) is 0 Å². The Balaban J connectivity index is 1.37. The second kappa shape index (κ2) is 9.22. The van der Waals surface area contributed by atoms with E-state index in [1.54, 1.807) is 0 Å². The van der Waals surface area contributed by atoms with Crippen molar-refractivity contribution in [3.05, 3.63) is 35.9 Å². The summed E-state index contributed by atoms with van der Waals surface area (Å²) >= 11 is 0. The van der Waals surface area contributed by atoms with Crippen LogP contribution in [-0.2, 0) is 11.2 Å². The molecule has 1 aromatic carbocycles. The SMILES string of the molecule is O=C(CCN1CCCCCC1)N1CCC(Cc2ccccc2)CC1. The van der Waals surface area contributed by atoms with Gasteiger partial charge in [0.2, 0.25) is 5.91 Å². The molecule has 2 heterocycles. The van der Waals surface area contributed by atoms with Crippen LogP contribution in [0.1, 0.15) is 50.5 Å². The smallest absolute Gasteiger partial charge is 0.223 e. The van der Waals surface area contributed by atoms with Crippen molar-refractivity contribution in [2.45, 2.75) is 51.4 Å². The number of amides is 1. The van der Waals surface area contributed by atoms with Crippen LogP contribution in [0.5, 0.6) is 0 Å². The Morgan fingerprint density at radius 2 is 1.58 bits per heavy atom. The van der Waals surface area contributed by atoms with Crippen molar-refractivity contribution in [2.24, 2.45) is 5.92 Å². The van der Waals surface area contributed by atoms with Gasteiger partial charge in [0.1, 0.15) is 0 Å².